The van der Waals surface area contributed by atoms with E-state index in [2.05, 4.69) is 29.3 Å². The number of hydrogen-bond donors (Lipinski definition) is 1. The van der Waals surface area contributed by atoms with Crippen LogP contribution in [0.1, 0.15) is 36.6 Å². The minimum absolute atomic E-state index is 0.0917. The molecular formula is C14H18N2O. The highest BCUT2D eigenvalue weighted by Gasteiger charge is 2.41. The molecule has 3 heteroatoms. The van der Waals surface area contributed by atoms with Crippen LogP contribution < -0.4 is 5.32 Å². The van der Waals surface area contributed by atoms with E-state index in [0.29, 0.717) is 0 Å². The first-order valence-electron chi connectivity index (χ1n) is 6.39. The quantitative estimate of drug-likeness (QED) is 0.800. The van der Waals surface area contributed by atoms with Crippen molar-refractivity contribution < 1.29 is 4.79 Å². The third-order valence-electron chi connectivity index (χ3n) is 3.94. The summed E-state index contributed by atoms with van der Waals surface area (Å²) in [7, 11) is 0. The van der Waals surface area contributed by atoms with Crippen molar-refractivity contribution in [1.29, 1.82) is 0 Å². The lowest BCUT2D eigenvalue weighted by molar-refractivity contribution is -0.122. The van der Waals surface area contributed by atoms with Crippen LogP contribution in [-0.4, -0.2) is 23.4 Å². The Balaban J connectivity index is 1.94. The van der Waals surface area contributed by atoms with Crippen LogP contribution in [0.25, 0.3) is 0 Å². The first kappa shape index (κ1) is 10.8. The van der Waals surface area contributed by atoms with Crippen LogP contribution >= 0.6 is 0 Å². The molecule has 0 spiro atoms. The van der Waals surface area contributed by atoms with Crippen molar-refractivity contribution >= 4 is 5.91 Å². The molecule has 2 aliphatic heterocycles. The van der Waals surface area contributed by atoms with E-state index in [0.717, 1.165) is 13.0 Å². The topological polar surface area (TPSA) is 32.3 Å². The van der Waals surface area contributed by atoms with Gasteiger partial charge in [0.05, 0.1) is 6.04 Å². The van der Waals surface area contributed by atoms with E-state index in [-0.39, 0.29) is 18.1 Å². The van der Waals surface area contributed by atoms with E-state index >= 15 is 0 Å². The van der Waals surface area contributed by atoms with Crippen LogP contribution in [0, 0.1) is 6.92 Å². The zero-order chi connectivity index (χ0) is 11.8. The lowest BCUT2D eigenvalue weighted by Gasteiger charge is -2.32. The van der Waals surface area contributed by atoms with Crippen molar-refractivity contribution in [2.45, 2.75) is 38.4 Å². The van der Waals surface area contributed by atoms with E-state index in [9.17, 15) is 4.79 Å². The predicted octanol–water partition coefficient (Wildman–Crippen LogP) is 1.98. The average molecular weight is 230 g/mol. The SMILES string of the molecule is Cc1ccccc1C1NC(=O)C2CCCCN21. The monoisotopic (exact) mass is 230 g/mol. The first-order chi connectivity index (χ1) is 8.27. The minimum Gasteiger partial charge on any atom is -0.335 e. The number of aryl methyl sites for hydroxylation is 1. The Labute approximate surface area is 102 Å². The van der Waals surface area contributed by atoms with Crippen molar-refractivity contribution in [3.63, 3.8) is 0 Å². The summed E-state index contributed by atoms with van der Waals surface area (Å²) in [6.45, 7) is 3.14. The van der Waals surface area contributed by atoms with Gasteiger partial charge in [0.25, 0.3) is 0 Å². The van der Waals surface area contributed by atoms with E-state index < -0.39 is 0 Å². The van der Waals surface area contributed by atoms with Crippen molar-refractivity contribution in [3.05, 3.63) is 35.4 Å². The largest absolute Gasteiger partial charge is 0.335 e. The van der Waals surface area contributed by atoms with Gasteiger partial charge in [-0.2, -0.15) is 0 Å². The summed E-state index contributed by atoms with van der Waals surface area (Å²) in [5.74, 6) is 0.206. The molecule has 17 heavy (non-hydrogen) atoms. The Morgan fingerprint density at radius 1 is 1.29 bits per heavy atom. The van der Waals surface area contributed by atoms with Crippen LogP contribution in [0.5, 0.6) is 0 Å². The van der Waals surface area contributed by atoms with Crippen molar-refractivity contribution in [2.75, 3.05) is 6.54 Å². The van der Waals surface area contributed by atoms with Gasteiger partial charge in [-0.1, -0.05) is 30.7 Å². The molecule has 90 valence electrons. The molecule has 1 aromatic rings. The van der Waals surface area contributed by atoms with Crippen LogP contribution in [0.2, 0.25) is 0 Å². The average Bonchev–Trinajstić information content (AvgIpc) is 2.68. The zero-order valence-corrected chi connectivity index (χ0v) is 10.1. The molecule has 0 aliphatic carbocycles. The van der Waals surface area contributed by atoms with Crippen LogP contribution in [0.3, 0.4) is 0 Å². The van der Waals surface area contributed by atoms with Crippen LogP contribution in [0.4, 0.5) is 0 Å². The smallest absolute Gasteiger partial charge is 0.238 e. The summed E-state index contributed by atoms with van der Waals surface area (Å²) >= 11 is 0. The standard InChI is InChI=1S/C14H18N2O/c1-10-6-2-3-7-11(10)13-15-14(17)12-8-4-5-9-16(12)13/h2-3,6-7,12-13H,4-5,8-9H2,1H3,(H,15,17). The highest BCUT2D eigenvalue weighted by molar-refractivity contribution is 5.84. The number of benzene rings is 1. The molecule has 2 fully saturated rings. The molecule has 3 nitrogen and oxygen atoms in total. The number of carbonyl (C=O) groups is 1. The molecule has 0 aromatic heterocycles. The maximum atomic E-state index is 12.0. The predicted molar refractivity (Wildman–Crippen MR) is 66.4 cm³/mol. The second kappa shape index (κ2) is 4.15. The van der Waals surface area contributed by atoms with Gasteiger partial charge in [0.1, 0.15) is 6.17 Å². The van der Waals surface area contributed by atoms with Gasteiger partial charge in [0, 0.05) is 6.54 Å². The fraction of sp³-hybridized carbons (Fsp3) is 0.500. The molecule has 2 atom stereocenters. The number of carbonyl (C=O) groups excluding carboxylic acids is 1. The van der Waals surface area contributed by atoms with E-state index in [4.69, 9.17) is 0 Å². The van der Waals surface area contributed by atoms with Crippen LogP contribution in [-0.2, 0) is 4.79 Å². The molecule has 2 saturated heterocycles. The second-order valence-electron chi connectivity index (χ2n) is 5.02. The molecule has 1 N–H and O–H groups in total. The maximum absolute atomic E-state index is 12.0. The Hall–Kier alpha value is -1.35. The van der Waals surface area contributed by atoms with E-state index in [1.165, 1.54) is 24.0 Å². The van der Waals surface area contributed by atoms with Gasteiger partial charge in [0.2, 0.25) is 5.91 Å². The number of hydrogen-bond acceptors (Lipinski definition) is 2. The van der Waals surface area contributed by atoms with Crippen molar-refractivity contribution in [3.8, 4) is 0 Å². The fourth-order valence-corrected chi connectivity index (χ4v) is 3.01. The maximum Gasteiger partial charge on any atom is 0.238 e. The van der Waals surface area contributed by atoms with Crippen LogP contribution in [0.15, 0.2) is 24.3 Å². The summed E-state index contributed by atoms with van der Waals surface area (Å²) in [6, 6.07) is 8.43. The number of piperidine rings is 1. The van der Waals surface area contributed by atoms with Crippen molar-refractivity contribution in [2.24, 2.45) is 0 Å². The van der Waals surface area contributed by atoms with Gasteiger partial charge in [-0.05, 0) is 30.9 Å². The lowest BCUT2D eigenvalue weighted by Crippen LogP contribution is -2.38. The van der Waals surface area contributed by atoms with Gasteiger partial charge < -0.3 is 5.32 Å². The molecule has 2 aliphatic rings. The molecule has 1 aromatic carbocycles. The Morgan fingerprint density at radius 3 is 2.94 bits per heavy atom. The molecule has 0 saturated carbocycles. The summed E-state index contributed by atoms with van der Waals surface area (Å²) in [4.78, 5) is 14.3. The molecule has 0 bridgehead atoms. The highest BCUT2D eigenvalue weighted by atomic mass is 16.2. The number of fused-ring (bicyclic) bond motifs is 1. The summed E-state index contributed by atoms with van der Waals surface area (Å²) in [6.07, 6.45) is 3.48. The summed E-state index contributed by atoms with van der Waals surface area (Å²) in [5, 5.41) is 3.14. The lowest BCUT2D eigenvalue weighted by atomic mass is 10.0. The van der Waals surface area contributed by atoms with Gasteiger partial charge >= 0.3 is 0 Å². The third-order valence-corrected chi connectivity index (χ3v) is 3.94. The van der Waals surface area contributed by atoms with Crippen molar-refractivity contribution in [1.82, 2.24) is 10.2 Å². The van der Waals surface area contributed by atoms with Gasteiger partial charge in [-0.25, -0.2) is 0 Å². The van der Waals surface area contributed by atoms with E-state index in [1.54, 1.807) is 0 Å². The van der Waals surface area contributed by atoms with Gasteiger partial charge in [-0.3, -0.25) is 9.69 Å². The normalized spacial score (nSPS) is 28.9. The first-order valence-corrected chi connectivity index (χ1v) is 6.39. The summed E-state index contributed by atoms with van der Waals surface area (Å²) in [5.41, 5.74) is 2.49. The Morgan fingerprint density at radius 2 is 2.12 bits per heavy atom. The number of nitrogens with one attached hydrogen (secondary N) is 1. The number of rotatable bonds is 1. The van der Waals surface area contributed by atoms with Gasteiger partial charge in [-0.15, -0.1) is 0 Å². The fourth-order valence-electron chi connectivity index (χ4n) is 3.01. The molecule has 1 amide bonds. The Kier molecular flexibility index (Phi) is 2.63. The summed E-state index contributed by atoms with van der Waals surface area (Å²) < 4.78 is 0. The zero-order valence-electron chi connectivity index (χ0n) is 10.1. The van der Waals surface area contributed by atoms with Gasteiger partial charge in [0.15, 0.2) is 0 Å². The van der Waals surface area contributed by atoms with E-state index in [1.807, 2.05) is 12.1 Å². The molecule has 0 radical (unpaired) electrons. The number of amides is 1. The Bertz CT molecular complexity index is 444. The third kappa shape index (κ3) is 1.75. The highest BCUT2D eigenvalue weighted by Crippen LogP contribution is 2.33. The molecular weight excluding hydrogens is 212 g/mol. The number of nitrogens with zero attached hydrogens (tertiary/aromatic N) is 1. The second-order valence-corrected chi connectivity index (χ2v) is 5.02. The minimum atomic E-state index is 0.0917. The molecule has 2 unspecified atom stereocenters. The molecule has 2 heterocycles. The molecule has 3 rings (SSSR count).